The number of nitrogens with zero attached hydrogens (tertiary/aromatic N) is 4. The normalized spacial score (nSPS) is 16.6. The third kappa shape index (κ3) is 4.57. The van der Waals surface area contributed by atoms with Crippen LogP contribution >= 0.6 is 11.6 Å². The van der Waals surface area contributed by atoms with Gasteiger partial charge in [-0.3, -0.25) is 4.79 Å². The number of anilines is 1. The average Bonchev–Trinajstić information content (AvgIpc) is 3.11. The molecule has 0 radical (unpaired) electrons. The monoisotopic (exact) mass is 387 g/mol. The van der Waals surface area contributed by atoms with Crippen molar-refractivity contribution in [3.8, 4) is 0 Å². The van der Waals surface area contributed by atoms with E-state index in [4.69, 9.17) is 11.6 Å². The van der Waals surface area contributed by atoms with Gasteiger partial charge in [0.25, 0.3) is 5.91 Å². The van der Waals surface area contributed by atoms with Gasteiger partial charge in [-0.05, 0) is 38.0 Å². The zero-order valence-electron chi connectivity index (χ0n) is 16.3. The van der Waals surface area contributed by atoms with Crippen LogP contribution in [0.1, 0.15) is 33.9 Å². The summed E-state index contributed by atoms with van der Waals surface area (Å²) in [5.41, 5.74) is 3.09. The van der Waals surface area contributed by atoms with E-state index in [9.17, 15) is 4.79 Å². The molecule has 2 aromatic rings. The Labute approximate surface area is 165 Å². The second-order valence-electron chi connectivity index (χ2n) is 7.22. The second-order valence-corrected chi connectivity index (χ2v) is 7.66. The molecule has 1 saturated heterocycles. The number of nitrogens with one attached hydrogen (secondary N) is 1. The molecular weight excluding hydrogens is 362 g/mol. The first-order valence-electron chi connectivity index (χ1n) is 9.15. The molecule has 1 N–H and O–H groups in total. The highest BCUT2D eigenvalue weighted by Gasteiger charge is 2.26. The Morgan fingerprint density at radius 2 is 1.96 bits per heavy atom. The van der Waals surface area contributed by atoms with E-state index in [-0.39, 0.29) is 11.7 Å². The van der Waals surface area contributed by atoms with E-state index in [2.05, 4.69) is 20.2 Å². The summed E-state index contributed by atoms with van der Waals surface area (Å²) >= 11 is 5.94. The molecule has 0 bridgehead atoms. The van der Waals surface area contributed by atoms with E-state index < -0.39 is 0 Å². The fraction of sp³-hybridized carbons (Fsp3) is 0.450. The van der Waals surface area contributed by atoms with Crippen LogP contribution in [0.15, 0.2) is 24.3 Å². The summed E-state index contributed by atoms with van der Waals surface area (Å²) in [6.07, 6.45) is 1.03. The molecule has 6 nitrogen and oxygen atoms in total. The molecule has 1 atom stereocenters. The van der Waals surface area contributed by atoms with Crippen LogP contribution in [0.4, 0.5) is 5.82 Å². The summed E-state index contributed by atoms with van der Waals surface area (Å²) in [6.45, 7) is 6.52. The molecule has 0 spiro atoms. The zero-order valence-corrected chi connectivity index (χ0v) is 17.0. The first kappa shape index (κ1) is 19.6. The Morgan fingerprint density at radius 3 is 2.63 bits per heavy atom. The Kier molecular flexibility index (Phi) is 5.97. The number of benzene rings is 1. The molecule has 1 aliphatic rings. The van der Waals surface area contributed by atoms with Crippen molar-refractivity contribution in [3.63, 3.8) is 0 Å². The van der Waals surface area contributed by atoms with Gasteiger partial charge in [0, 0.05) is 56.1 Å². The maximum atomic E-state index is 12.3. The minimum Gasteiger partial charge on any atom is -0.355 e. The smallest absolute Gasteiger partial charge is 0.291 e. The molecule has 0 saturated carbocycles. The van der Waals surface area contributed by atoms with Crippen molar-refractivity contribution in [2.24, 2.45) is 0 Å². The first-order chi connectivity index (χ1) is 12.8. The second kappa shape index (κ2) is 8.23. The number of aromatic nitrogens is 2. The van der Waals surface area contributed by atoms with E-state index >= 15 is 0 Å². The van der Waals surface area contributed by atoms with Gasteiger partial charge in [0.1, 0.15) is 5.82 Å². The molecule has 27 heavy (non-hydrogen) atoms. The molecule has 0 unspecified atom stereocenters. The molecule has 3 rings (SSSR count). The summed E-state index contributed by atoms with van der Waals surface area (Å²) < 4.78 is 0. The van der Waals surface area contributed by atoms with Crippen molar-refractivity contribution < 1.29 is 4.79 Å². The highest BCUT2D eigenvalue weighted by Crippen LogP contribution is 2.24. The number of halogens is 1. The largest absolute Gasteiger partial charge is 0.355 e. The lowest BCUT2D eigenvalue weighted by atomic mass is 10.2. The van der Waals surface area contributed by atoms with Crippen LogP contribution in [-0.2, 0) is 6.54 Å². The lowest BCUT2D eigenvalue weighted by Gasteiger charge is -2.22. The van der Waals surface area contributed by atoms with Crippen molar-refractivity contribution >= 4 is 23.3 Å². The van der Waals surface area contributed by atoms with Crippen LogP contribution in [0.2, 0.25) is 5.02 Å². The standard InChI is InChI=1S/C20H26ClN5O/c1-13-14(2)23-18(20(27)25(3)4)24-19(13)26-10-9-17(12-26)22-11-15-5-7-16(21)8-6-15/h5-8,17,22H,9-12H2,1-4H3/t17-/m1/s1. The van der Waals surface area contributed by atoms with Gasteiger partial charge in [-0.2, -0.15) is 0 Å². The quantitative estimate of drug-likeness (QED) is 0.854. The fourth-order valence-electron chi connectivity index (χ4n) is 3.20. The Hall–Kier alpha value is -2.18. The minimum atomic E-state index is -0.170. The van der Waals surface area contributed by atoms with Crippen LogP contribution in [0.3, 0.4) is 0 Å². The maximum absolute atomic E-state index is 12.3. The first-order valence-corrected chi connectivity index (χ1v) is 9.52. The van der Waals surface area contributed by atoms with E-state index in [0.717, 1.165) is 48.2 Å². The van der Waals surface area contributed by atoms with Gasteiger partial charge in [0.05, 0.1) is 0 Å². The number of rotatable bonds is 5. The molecule has 1 amide bonds. The molecule has 144 valence electrons. The lowest BCUT2D eigenvalue weighted by Crippen LogP contribution is -2.33. The molecule has 1 aromatic carbocycles. The van der Waals surface area contributed by atoms with Crippen LogP contribution < -0.4 is 10.2 Å². The number of amides is 1. The van der Waals surface area contributed by atoms with Gasteiger partial charge in [-0.1, -0.05) is 23.7 Å². The predicted octanol–water partition coefficient (Wildman–Crippen LogP) is 2.82. The van der Waals surface area contributed by atoms with Crippen molar-refractivity contribution in [1.82, 2.24) is 20.2 Å². The van der Waals surface area contributed by atoms with Gasteiger partial charge < -0.3 is 15.1 Å². The molecule has 1 aliphatic heterocycles. The Morgan fingerprint density at radius 1 is 1.26 bits per heavy atom. The minimum absolute atomic E-state index is 0.170. The van der Waals surface area contributed by atoms with Crippen LogP contribution in [0, 0.1) is 13.8 Å². The fourth-order valence-corrected chi connectivity index (χ4v) is 3.33. The van der Waals surface area contributed by atoms with Crippen molar-refractivity contribution in [3.05, 3.63) is 51.9 Å². The highest BCUT2D eigenvalue weighted by atomic mass is 35.5. The highest BCUT2D eigenvalue weighted by molar-refractivity contribution is 6.30. The molecular formula is C20H26ClN5O. The zero-order chi connectivity index (χ0) is 19.6. The molecule has 1 aromatic heterocycles. The Bertz CT molecular complexity index is 822. The third-order valence-electron chi connectivity index (χ3n) is 4.96. The summed E-state index contributed by atoms with van der Waals surface area (Å²) in [5, 5.41) is 4.36. The van der Waals surface area contributed by atoms with Crippen LogP contribution in [-0.4, -0.2) is 54.0 Å². The van der Waals surface area contributed by atoms with Crippen molar-refractivity contribution in [2.75, 3.05) is 32.1 Å². The average molecular weight is 388 g/mol. The van der Waals surface area contributed by atoms with Crippen LogP contribution in [0.25, 0.3) is 0 Å². The van der Waals surface area contributed by atoms with Gasteiger partial charge in [-0.25, -0.2) is 9.97 Å². The van der Waals surface area contributed by atoms with Crippen molar-refractivity contribution in [2.45, 2.75) is 32.9 Å². The molecule has 7 heteroatoms. The number of carbonyl (C=O) groups excluding carboxylic acids is 1. The number of carbonyl (C=O) groups is 1. The Balaban J connectivity index is 1.69. The lowest BCUT2D eigenvalue weighted by molar-refractivity contribution is 0.0815. The number of aryl methyl sites for hydroxylation is 1. The van der Waals surface area contributed by atoms with Gasteiger partial charge in [-0.15, -0.1) is 0 Å². The third-order valence-corrected chi connectivity index (χ3v) is 5.21. The maximum Gasteiger partial charge on any atom is 0.291 e. The summed E-state index contributed by atoms with van der Waals surface area (Å²) in [4.78, 5) is 25.0. The number of hydrogen-bond acceptors (Lipinski definition) is 5. The summed E-state index contributed by atoms with van der Waals surface area (Å²) in [5.74, 6) is 0.954. The van der Waals surface area contributed by atoms with Gasteiger partial charge >= 0.3 is 0 Å². The van der Waals surface area contributed by atoms with Crippen LogP contribution in [0.5, 0.6) is 0 Å². The molecule has 0 aliphatic carbocycles. The van der Waals surface area contributed by atoms with Gasteiger partial charge in [0.15, 0.2) is 0 Å². The molecule has 1 fully saturated rings. The summed E-state index contributed by atoms with van der Waals surface area (Å²) in [6, 6.07) is 8.28. The van der Waals surface area contributed by atoms with E-state index in [1.807, 2.05) is 38.1 Å². The van der Waals surface area contributed by atoms with E-state index in [0.29, 0.717) is 6.04 Å². The number of hydrogen-bond donors (Lipinski definition) is 1. The van der Waals surface area contributed by atoms with Gasteiger partial charge in [0.2, 0.25) is 5.82 Å². The van der Waals surface area contributed by atoms with E-state index in [1.54, 1.807) is 14.1 Å². The van der Waals surface area contributed by atoms with E-state index in [1.165, 1.54) is 10.5 Å². The SMILES string of the molecule is Cc1nc(C(=O)N(C)C)nc(N2CC[C@@H](NCc3ccc(Cl)cc3)C2)c1C. The molecule has 2 heterocycles. The summed E-state index contributed by atoms with van der Waals surface area (Å²) in [7, 11) is 3.43. The predicted molar refractivity (Wildman–Crippen MR) is 108 cm³/mol. The van der Waals surface area contributed by atoms with Crippen molar-refractivity contribution in [1.29, 1.82) is 0 Å². The topological polar surface area (TPSA) is 61.4 Å².